The molecule has 4 aromatic heterocycles. The molecule has 8 nitrogen and oxygen atoms in total. The molecule has 30 heavy (non-hydrogen) atoms. The summed E-state index contributed by atoms with van der Waals surface area (Å²) >= 11 is 0. The highest BCUT2D eigenvalue weighted by Crippen LogP contribution is 2.14. The van der Waals surface area contributed by atoms with Crippen LogP contribution in [0.3, 0.4) is 0 Å². The third-order valence-electron chi connectivity index (χ3n) is 3.88. The monoisotopic (exact) mass is 400 g/mol. The number of nitrogens with zero attached hydrogens (tertiary/aromatic N) is 4. The van der Waals surface area contributed by atoms with Gasteiger partial charge in [0.2, 0.25) is 0 Å². The molecule has 0 atom stereocenters. The lowest BCUT2D eigenvalue weighted by molar-refractivity contribution is 0.0685. The number of aromatic carboxylic acids is 2. The van der Waals surface area contributed by atoms with Gasteiger partial charge in [0, 0.05) is 24.8 Å². The fraction of sp³-hybridized carbons (Fsp3) is 0. The highest BCUT2D eigenvalue weighted by Gasteiger charge is 2.05. The van der Waals surface area contributed by atoms with Crippen molar-refractivity contribution in [3.05, 3.63) is 96.6 Å². The Balaban J connectivity index is 0.000000171. The SMILES string of the molecule is O=C(O)c1ccc(-c2ccccn2)nc1.O=C(O)c1ccc(-c2ccccn2)nc1. The highest BCUT2D eigenvalue weighted by atomic mass is 16.4. The number of carboxylic acid groups (broad SMARTS) is 2. The predicted octanol–water partition coefficient (Wildman–Crippen LogP) is 3.68. The first-order valence-corrected chi connectivity index (χ1v) is 8.76. The Labute approximate surface area is 171 Å². The molecular formula is C22H16N4O4. The largest absolute Gasteiger partial charge is 0.478 e. The van der Waals surface area contributed by atoms with Gasteiger partial charge in [0.05, 0.1) is 33.9 Å². The second-order valence-electron chi connectivity index (χ2n) is 5.90. The van der Waals surface area contributed by atoms with Crippen LogP contribution in [0.2, 0.25) is 0 Å². The van der Waals surface area contributed by atoms with Crippen LogP contribution < -0.4 is 0 Å². The number of rotatable bonds is 4. The lowest BCUT2D eigenvalue weighted by atomic mass is 10.2. The molecule has 0 aliphatic heterocycles. The van der Waals surface area contributed by atoms with E-state index in [2.05, 4.69) is 19.9 Å². The van der Waals surface area contributed by atoms with Crippen molar-refractivity contribution < 1.29 is 19.8 Å². The Bertz CT molecular complexity index is 1020. The predicted molar refractivity (Wildman–Crippen MR) is 109 cm³/mol. The summed E-state index contributed by atoms with van der Waals surface area (Å²) in [6.45, 7) is 0. The molecule has 8 heteroatoms. The summed E-state index contributed by atoms with van der Waals surface area (Å²) in [6.07, 6.45) is 5.99. The summed E-state index contributed by atoms with van der Waals surface area (Å²) in [5.41, 5.74) is 3.15. The second-order valence-corrected chi connectivity index (χ2v) is 5.90. The van der Waals surface area contributed by atoms with E-state index in [9.17, 15) is 9.59 Å². The zero-order valence-corrected chi connectivity index (χ0v) is 15.6. The molecule has 0 amide bonds. The van der Waals surface area contributed by atoms with Gasteiger partial charge in [-0.05, 0) is 48.5 Å². The van der Waals surface area contributed by atoms with Crippen molar-refractivity contribution in [3.8, 4) is 22.8 Å². The van der Waals surface area contributed by atoms with Gasteiger partial charge in [-0.1, -0.05) is 12.1 Å². The van der Waals surface area contributed by atoms with Gasteiger partial charge in [-0.2, -0.15) is 0 Å². The van der Waals surface area contributed by atoms with Crippen LogP contribution in [0.15, 0.2) is 85.5 Å². The number of aromatic nitrogens is 4. The van der Waals surface area contributed by atoms with Gasteiger partial charge in [-0.25, -0.2) is 9.59 Å². The molecule has 148 valence electrons. The Hall–Kier alpha value is -4.46. The molecule has 0 spiro atoms. The van der Waals surface area contributed by atoms with Crippen molar-refractivity contribution in [2.45, 2.75) is 0 Å². The molecule has 0 aliphatic carbocycles. The van der Waals surface area contributed by atoms with Crippen molar-refractivity contribution in [2.75, 3.05) is 0 Å². The van der Waals surface area contributed by atoms with Crippen molar-refractivity contribution in [1.82, 2.24) is 19.9 Å². The number of pyridine rings is 4. The van der Waals surface area contributed by atoms with Crippen LogP contribution >= 0.6 is 0 Å². The Morgan fingerprint density at radius 1 is 0.533 bits per heavy atom. The van der Waals surface area contributed by atoms with E-state index in [0.717, 1.165) is 11.4 Å². The van der Waals surface area contributed by atoms with E-state index >= 15 is 0 Å². The van der Waals surface area contributed by atoms with E-state index in [1.807, 2.05) is 36.4 Å². The maximum Gasteiger partial charge on any atom is 0.337 e. The zero-order chi connectivity index (χ0) is 21.3. The number of hydrogen-bond acceptors (Lipinski definition) is 6. The topological polar surface area (TPSA) is 126 Å². The second kappa shape index (κ2) is 9.65. The van der Waals surface area contributed by atoms with E-state index in [1.165, 1.54) is 24.5 Å². The van der Waals surface area contributed by atoms with Crippen LogP contribution in [0.4, 0.5) is 0 Å². The molecule has 0 bridgehead atoms. The number of carboxylic acids is 2. The van der Waals surface area contributed by atoms with Crippen LogP contribution in [0.5, 0.6) is 0 Å². The van der Waals surface area contributed by atoms with Crippen LogP contribution in [-0.2, 0) is 0 Å². The molecule has 0 saturated heterocycles. The molecule has 0 unspecified atom stereocenters. The lowest BCUT2D eigenvalue weighted by Gasteiger charge is -1.99. The first-order chi connectivity index (χ1) is 14.5. The van der Waals surface area contributed by atoms with Gasteiger partial charge in [0.1, 0.15) is 0 Å². The Kier molecular flexibility index (Phi) is 6.52. The third kappa shape index (κ3) is 5.29. The summed E-state index contributed by atoms with van der Waals surface area (Å²) in [5, 5.41) is 17.4. The maximum absolute atomic E-state index is 10.6. The van der Waals surface area contributed by atoms with Crippen LogP contribution in [0.25, 0.3) is 22.8 Å². The molecule has 0 aromatic carbocycles. The number of carbonyl (C=O) groups is 2. The minimum atomic E-state index is -0.977. The highest BCUT2D eigenvalue weighted by molar-refractivity contribution is 5.88. The van der Waals surface area contributed by atoms with Crippen molar-refractivity contribution in [3.63, 3.8) is 0 Å². The summed E-state index contributed by atoms with van der Waals surface area (Å²) in [5.74, 6) is -1.95. The maximum atomic E-state index is 10.6. The first kappa shape index (κ1) is 20.3. The van der Waals surface area contributed by atoms with E-state index in [0.29, 0.717) is 11.4 Å². The minimum absolute atomic E-state index is 0.176. The molecule has 4 heterocycles. The molecule has 2 N–H and O–H groups in total. The third-order valence-corrected chi connectivity index (χ3v) is 3.88. The van der Waals surface area contributed by atoms with E-state index in [1.54, 1.807) is 24.5 Å². The summed E-state index contributed by atoms with van der Waals surface area (Å²) in [4.78, 5) is 37.5. The fourth-order valence-electron chi connectivity index (χ4n) is 2.37. The Morgan fingerprint density at radius 2 is 0.933 bits per heavy atom. The van der Waals surface area contributed by atoms with Crippen LogP contribution in [0, 0.1) is 0 Å². The van der Waals surface area contributed by atoms with E-state index in [-0.39, 0.29) is 11.1 Å². The fourth-order valence-corrected chi connectivity index (χ4v) is 2.37. The van der Waals surface area contributed by atoms with E-state index < -0.39 is 11.9 Å². The van der Waals surface area contributed by atoms with Gasteiger partial charge < -0.3 is 10.2 Å². The smallest absolute Gasteiger partial charge is 0.337 e. The number of hydrogen-bond donors (Lipinski definition) is 2. The molecule has 4 rings (SSSR count). The van der Waals surface area contributed by atoms with Crippen LogP contribution in [0.1, 0.15) is 20.7 Å². The van der Waals surface area contributed by atoms with Gasteiger partial charge >= 0.3 is 11.9 Å². The van der Waals surface area contributed by atoms with Gasteiger partial charge in [-0.15, -0.1) is 0 Å². The molecule has 4 aromatic rings. The summed E-state index contributed by atoms with van der Waals surface area (Å²) in [6, 6.07) is 17.3. The van der Waals surface area contributed by atoms with Gasteiger partial charge in [-0.3, -0.25) is 19.9 Å². The summed E-state index contributed by atoms with van der Waals surface area (Å²) < 4.78 is 0. The first-order valence-electron chi connectivity index (χ1n) is 8.76. The standard InChI is InChI=1S/2C11H8N2O2/c2*14-11(15)8-4-5-10(13-7-8)9-3-1-2-6-12-9/h2*1-7H,(H,14,15). The Morgan fingerprint density at radius 3 is 1.20 bits per heavy atom. The van der Waals surface area contributed by atoms with Crippen LogP contribution in [-0.4, -0.2) is 42.1 Å². The quantitative estimate of drug-likeness (QED) is 0.531. The molecule has 0 radical (unpaired) electrons. The summed E-state index contributed by atoms with van der Waals surface area (Å²) in [7, 11) is 0. The van der Waals surface area contributed by atoms with E-state index in [4.69, 9.17) is 10.2 Å². The van der Waals surface area contributed by atoms with Gasteiger partial charge in [0.25, 0.3) is 0 Å². The molecule has 0 saturated carbocycles. The molecule has 0 fully saturated rings. The minimum Gasteiger partial charge on any atom is -0.478 e. The van der Waals surface area contributed by atoms with Crippen molar-refractivity contribution >= 4 is 11.9 Å². The molecular weight excluding hydrogens is 384 g/mol. The average molecular weight is 400 g/mol. The lowest BCUT2D eigenvalue weighted by Crippen LogP contribution is -1.97. The molecule has 0 aliphatic rings. The average Bonchev–Trinajstić information content (AvgIpc) is 2.81. The van der Waals surface area contributed by atoms with Gasteiger partial charge in [0.15, 0.2) is 0 Å². The zero-order valence-electron chi connectivity index (χ0n) is 15.6. The van der Waals surface area contributed by atoms with Crippen molar-refractivity contribution in [1.29, 1.82) is 0 Å². The normalized spacial score (nSPS) is 9.87. The van der Waals surface area contributed by atoms with Crippen molar-refractivity contribution in [2.24, 2.45) is 0 Å².